The van der Waals surface area contributed by atoms with Crippen LogP contribution in [0.15, 0.2) is 73.0 Å². The van der Waals surface area contributed by atoms with Crippen molar-refractivity contribution in [1.82, 2.24) is 0 Å². The molecule has 0 saturated carbocycles. The molecule has 2 aromatic rings. The number of benzene rings is 2. The van der Waals surface area contributed by atoms with Gasteiger partial charge in [0.2, 0.25) is 0 Å². The van der Waals surface area contributed by atoms with Crippen LogP contribution in [0.25, 0.3) is 0 Å². The Morgan fingerprint density at radius 2 is 0.420 bits per heavy atom. The first-order valence-corrected chi connectivity index (χ1v) is 54.1. The summed E-state index contributed by atoms with van der Waals surface area (Å²) in [7, 11) is -3.85. The van der Waals surface area contributed by atoms with Gasteiger partial charge < -0.3 is 203 Å². The molecule has 2 aromatic carbocycles. The Balaban J connectivity index is 0.985. The summed E-state index contributed by atoms with van der Waals surface area (Å²) in [5.74, 6) is -11.2. The van der Waals surface area contributed by atoms with Gasteiger partial charge in [0.15, 0.2) is 57.5 Å². The molecule has 0 amide bonds. The third-order valence-corrected chi connectivity index (χ3v) is 33.8. The predicted molar refractivity (Wildman–Crippen MR) is 486 cm³/mol. The Morgan fingerprint density at radius 1 is 0.254 bits per heavy atom. The molecule has 23 N–H and O–H groups in total. The van der Waals surface area contributed by atoms with E-state index < -0.39 is 346 Å². The van der Waals surface area contributed by atoms with Crippen LogP contribution >= 0.6 is 89.5 Å². The van der Waals surface area contributed by atoms with Gasteiger partial charge in [0.1, 0.15) is 159 Å². The number of carboxylic acids is 6. The summed E-state index contributed by atoms with van der Waals surface area (Å²) in [6.07, 6.45) is -86.1. The second-order valence-electron chi connectivity index (χ2n) is 33.6. The van der Waals surface area contributed by atoms with Gasteiger partial charge >= 0.3 is 35.8 Å². The molecule has 30 heterocycles. The van der Waals surface area contributed by atoms with Crippen molar-refractivity contribution >= 4 is 136 Å². The molecule has 0 unspecified atom stereocenters. The molecule has 0 aromatic heterocycles. The lowest BCUT2D eigenvalue weighted by molar-refractivity contribution is -0.397. The van der Waals surface area contributed by atoms with Crippen LogP contribution < -0.4 is 10.6 Å². The number of hydrogen-bond acceptors (Lipinski definition) is 48. The van der Waals surface area contributed by atoms with Crippen molar-refractivity contribution < 1.29 is 231 Å². The first-order chi connectivity index (χ1) is 65.7. The largest absolute Gasteiger partial charge is 0.513 e. The number of aliphatic hydroxyl groups excluding tert-OH is 17. The first kappa shape index (κ1) is 114. The van der Waals surface area contributed by atoms with Crippen LogP contribution in [0.5, 0.6) is 0 Å². The minimum atomic E-state index is -3.85. The number of aliphatic carboxylic acids is 6. The third kappa shape index (κ3) is 30.7. The van der Waals surface area contributed by atoms with Gasteiger partial charge in [-0.15, -0.1) is 0 Å². The van der Waals surface area contributed by atoms with Gasteiger partial charge in [-0.1, -0.05) is 67.2 Å². The number of hydrogen-bond donors (Lipinski definition) is 23. The summed E-state index contributed by atoms with van der Waals surface area (Å²) in [6.45, 7) is 2.71. The number of ether oxygens (including phenoxy) is 17. The van der Waals surface area contributed by atoms with Crippen molar-refractivity contribution in [3.05, 3.63) is 73.0 Å². The monoisotopic (exact) mass is 2120 g/mol. The first-order valence-electron chi connectivity index (χ1n) is 44.1. The fourth-order valence-corrected chi connectivity index (χ4v) is 25.5. The van der Waals surface area contributed by atoms with Gasteiger partial charge in [0.25, 0.3) is 0 Å². The molecule has 30 saturated heterocycles. The minimum absolute atomic E-state index is 0.0245. The third-order valence-electron chi connectivity index (χ3n) is 23.6. The molecule has 30 fully saturated rings. The van der Waals surface area contributed by atoms with E-state index in [9.17, 15) is 146 Å². The Hall–Kier alpha value is -3.84. The Kier molecular flexibility index (Phi) is 45.4. The zero-order valence-corrected chi connectivity index (χ0v) is 80.3. The molecular weight excluding hydrogens is 2000 g/mol. The fraction of sp³-hybridized carbons (Fsp3) is 0.759. The maximum Gasteiger partial charge on any atom is 0.304 e. The second kappa shape index (κ2) is 54.7. The van der Waals surface area contributed by atoms with Gasteiger partial charge in [-0.2, -0.15) is 82.3 Å². The zero-order valence-electron chi connectivity index (χ0n) is 73.7. The van der Waals surface area contributed by atoms with E-state index in [0.717, 1.165) is 82.3 Å². The smallest absolute Gasteiger partial charge is 0.304 e. The maximum atomic E-state index is 15.5. The Morgan fingerprint density at radius 3 is 0.594 bits per heavy atom. The van der Waals surface area contributed by atoms with Gasteiger partial charge in [-0.25, -0.2) is 0 Å². The van der Waals surface area contributed by atoms with Crippen molar-refractivity contribution in [1.29, 1.82) is 0 Å². The second-order valence-corrected chi connectivity index (χ2v) is 44.4. The Bertz CT molecular complexity index is 3990. The van der Waals surface area contributed by atoms with Crippen LogP contribution in [0, 0.1) is 0 Å². The summed E-state index contributed by atoms with van der Waals surface area (Å²) in [6, 6.07) is 16.2. The fourth-order valence-electron chi connectivity index (χ4n) is 16.3. The van der Waals surface area contributed by atoms with Crippen molar-refractivity contribution in [2.45, 2.75) is 291 Å². The number of thioether (sulfide) groups is 7. The highest BCUT2D eigenvalue weighted by Gasteiger charge is 2.61. The molecule has 0 spiro atoms. The standard InChI is InChI=1S/C83H121O47PS7/c1-35(84)12-19-132-27-39-70-55(100)63(108)78(117-39)126-71-41(29-134-21-14-47(87)88)116-77(61(106)53(71)98)123-68-38(26-114-34-131(113,36-8-4-2-5-9-36)37-10-6-3-7-11-37)115-76(60(105)52(68)97)124-69-40(28-133-20-13-46(85)86)118-79(62(107)54(69)99)127-72-43(31-136-23-16-49(91)92)120-81(65(110)57(72)102)129-74-45(33-138-25-18-51(95)96)122-83(67(112)59(74)104)130-75-44(32-137-24-17-50(93)94)121-82(66(111)58(75)103)128-73-42(30-135-22-15-48(89)90)119-80(125-70)64(109)56(73)101/h2-11,38-45,52-84,97-112H,1,12-34H2,(H,85,86)(H,87,88)(H,89,90)(H,91,92)(H,93,94)(H,95,96)/t38-,39-,40-,41-,42-,43-,44-,45-,52-,53+,54+,55+,56+,57+,58+,59+,60-,61-,62-,63-,64-,65-,66-,67-,68-,69-,70-,71-,72-,73-,74-,75-,76-,77-,78-,79-,80-,81-,82-,83-/m1/s1. The van der Waals surface area contributed by atoms with Gasteiger partial charge in [-0.3, -0.25) is 28.8 Å². The molecule has 0 radical (unpaired) electrons. The number of carbonyl (C=O) groups is 6. The van der Waals surface area contributed by atoms with E-state index in [1.165, 1.54) is 0 Å². The average Bonchev–Trinajstić information content (AvgIpc) is 0.769. The predicted octanol–water partition coefficient (Wildman–Crippen LogP) is -4.91. The van der Waals surface area contributed by atoms with Crippen molar-refractivity contribution in [3.63, 3.8) is 0 Å². The summed E-state index contributed by atoms with van der Waals surface area (Å²) in [4.78, 5) is 71.4. The Labute approximate surface area is 819 Å². The molecule has 32 rings (SSSR count). The lowest BCUT2D eigenvalue weighted by Crippen LogP contribution is -2.69. The number of rotatable bonds is 41. The number of aliphatic hydroxyl groups is 17. The molecule has 138 heavy (non-hydrogen) atoms. The van der Waals surface area contributed by atoms with Crippen LogP contribution in [-0.2, 0) is 114 Å². The normalized spacial score (nSPS) is 39.4. The minimum Gasteiger partial charge on any atom is -0.513 e. The molecule has 55 heteroatoms. The molecule has 16 bridgehead atoms. The van der Waals surface area contributed by atoms with E-state index >= 15 is 4.57 Å². The van der Waals surface area contributed by atoms with E-state index in [1.807, 2.05) is 0 Å². The molecule has 30 aliphatic rings. The maximum absolute atomic E-state index is 15.5. The van der Waals surface area contributed by atoms with E-state index in [4.69, 9.17) is 80.5 Å². The van der Waals surface area contributed by atoms with Gasteiger partial charge in [-0.05, 0) is 0 Å². The lowest BCUT2D eigenvalue weighted by atomic mass is 9.95. The van der Waals surface area contributed by atoms with Crippen LogP contribution in [0.1, 0.15) is 44.9 Å². The molecular formula is C83H121O47PS7. The highest BCUT2D eigenvalue weighted by molar-refractivity contribution is 8.00. The summed E-state index contributed by atoms with van der Waals surface area (Å²) in [5, 5.41) is 267. The SMILES string of the molecule is C=C(O)CCSC[C@H]1O[C@@H]2O[C@H]3[C@@H](O)[C@@H](O)[C@@H](O[C@H]4[C@H](O)[C@@H](O)[C@@H](O[C@H]5[C@@H](O)[C@@H](O)[C@@H](O[C@H]6[C@@H](O)[C@@H](O)[C@@H](O[C@H]7[C@@H](O)[C@@H](O)[C@@H](O[C@H]8[C@@H](O)[C@@H](O)[C@@H](O[C@H]9[C@@H](O)[C@@H](O)[C@@H](O[C@H]1[C@@H](O)[C@H]2O)O[C@@H]9CSCCC(=O)O)O[C@@H]8CSCCC(=O)O)O[C@@H]7CSCCC(=O)O)O[C@@H]6CSCCC(=O)O)O[C@@H]5CSCCC(=O)O)O[C@@H]4COCP(=O)(c1ccccc1)c1ccccc1)O[C@@H]3CSCCC(=O)O. The molecule has 40 atom stereocenters. The summed E-state index contributed by atoms with van der Waals surface area (Å²) >= 11 is 6.39. The highest BCUT2D eigenvalue weighted by atomic mass is 32.2. The van der Waals surface area contributed by atoms with Crippen LogP contribution in [0.4, 0.5) is 0 Å². The van der Waals surface area contributed by atoms with Gasteiger partial charge in [0.05, 0.1) is 93.6 Å². The summed E-state index contributed by atoms with van der Waals surface area (Å²) < 4.78 is 124. The van der Waals surface area contributed by atoms with E-state index in [-0.39, 0.29) is 87.0 Å². The van der Waals surface area contributed by atoms with E-state index in [2.05, 4.69) is 6.58 Å². The molecule has 47 nitrogen and oxygen atoms in total. The van der Waals surface area contributed by atoms with Crippen molar-refractivity contribution in [3.8, 4) is 0 Å². The summed E-state index contributed by atoms with van der Waals surface area (Å²) in [5.41, 5.74) is 0. The van der Waals surface area contributed by atoms with E-state index in [0.29, 0.717) is 10.6 Å². The van der Waals surface area contributed by atoms with Crippen LogP contribution in [0.3, 0.4) is 0 Å². The molecule has 30 aliphatic heterocycles. The highest BCUT2D eigenvalue weighted by Crippen LogP contribution is 2.46. The van der Waals surface area contributed by atoms with Crippen molar-refractivity contribution in [2.75, 3.05) is 93.5 Å². The van der Waals surface area contributed by atoms with Gasteiger partial charge in [0, 0.05) is 97.6 Å². The zero-order chi connectivity index (χ0) is 100. The topological polar surface area (TPSA) is 742 Å². The van der Waals surface area contributed by atoms with Crippen molar-refractivity contribution in [2.24, 2.45) is 0 Å². The lowest BCUT2D eigenvalue weighted by Gasteiger charge is -2.51. The quantitative estimate of drug-likeness (QED) is 0.0169. The van der Waals surface area contributed by atoms with Crippen LogP contribution in [0.2, 0.25) is 0 Å². The van der Waals surface area contributed by atoms with Crippen LogP contribution in [-0.4, -0.2) is 492 Å². The van der Waals surface area contributed by atoms with E-state index in [1.54, 1.807) is 60.7 Å². The number of allylic oxidation sites excluding steroid dienone is 1. The number of carboxylic acid groups (broad SMARTS) is 6. The average molecular weight is 2130 g/mol. The molecule has 0 aliphatic carbocycles. The molecule has 782 valence electrons.